The minimum Gasteiger partial charge on any atom is -0.371 e. The Morgan fingerprint density at radius 2 is 0.664 bits per heavy atom. The first-order chi connectivity index (χ1) is 55.0. The molecule has 0 N–H and O–H groups in total. The third-order valence-electron chi connectivity index (χ3n) is 28.3. The third kappa shape index (κ3) is 22.1. The topological polar surface area (TPSA) is 76.3 Å². The number of hydrogen-bond acceptors (Lipinski definition) is 14. The van der Waals surface area contributed by atoms with Crippen LogP contribution in [0, 0.1) is 0 Å². The van der Waals surface area contributed by atoms with Gasteiger partial charge in [0.25, 0.3) is 0 Å². The molecule has 5 aromatic rings. The van der Waals surface area contributed by atoms with Crippen molar-refractivity contribution in [1.29, 1.82) is 0 Å². The van der Waals surface area contributed by atoms with Gasteiger partial charge in [0.2, 0.25) is 10.0 Å². The number of likely N-dealkylation sites (N-methyl/N-ethyl adjacent to an activating group) is 3. The van der Waals surface area contributed by atoms with E-state index in [0.29, 0.717) is 49.3 Å². The summed E-state index contributed by atoms with van der Waals surface area (Å²) in [6.07, 6.45) is 26.5. The largest absolute Gasteiger partial charge is 0.371 e. The van der Waals surface area contributed by atoms with Gasteiger partial charge in [0.05, 0.1) is 6.26 Å². The normalized spacial score (nSPS) is 26.3. The minimum absolute atomic E-state index is 0.155. The average Bonchev–Trinajstić information content (AvgIpc) is 1.18. The van der Waals surface area contributed by atoms with Crippen molar-refractivity contribution in [2.24, 2.45) is 0 Å². The first-order valence-corrected chi connectivity index (χ1v) is 47.9. The van der Waals surface area contributed by atoms with Crippen LogP contribution in [0.4, 0.5) is 22.7 Å². The van der Waals surface area contributed by atoms with Gasteiger partial charge in [0.15, 0.2) is 0 Å². The molecule has 11 heterocycles. The maximum Gasteiger partial charge on any atom is 0.211 e. The number of anilines is 4. The van der Waals surface area contributed by atoms with Crippen molar-refractivity contribution in [2.75, 3.05) is 165 Å². The molecule has 15 nitrogen and oxygen atoms in total. The smallest absolute Gasteiger partial charge is 0.211 e. The van der Waals surface area contributed by atoms with Gasteiger partial charge < -0.3 is 29.4 Å². The number of piperidine rings is 2. The molecular formula is C100H159N13O2S. The first-order valence-electron chi connectivity index (χ1n) is 46.0. The second-order valence-corrected chi connectivity index (χ2v) is 43.5. The van der Waals surface area contributed by atoms with Crippen molar-refractivity contribution >= 4 is 38.3 Å². The number of nitrogens with zero attached hydrogens (tertiary/aromatic N) is 13. The summed E-state index contributed by atoms with van der Waals surface area (Å²) in [7, 11) is 5.88. The van der Waals surface area contributed by atoms with E-state index in [9.17, 15) is 8.42 Å². The summed E-state index contributed by atoms with van der Waals surface area (Å²) in [4.78, 5) is 31.4. The highest BCUT2D eigenvalue weighted by Crippen LogP contribution is 2.48. The third-order valence-corrected chi connectivity index (χ3v) is 29.5. The van der Waals surface area contributed by atoms with E-state index >= 15 is 0 Å². The monoisotopic (exact) mass is 1610 g/mol. The molecule has 0 aliphatic carbocycles. The molecule has 16 rings (SSSR count). The molecule has 8 atom stereocenters. The van der Waals surface area contributed by atoms with E-state index in [4.69, 9.17) is 0 Å². The zero-order valence-electron chi connectivity index (χ0n) is 76.5. The molecule has 0 spiro atoms. The number of piperazine rings is 2. The van der Waals surface area contributed by atoms with Crippen LogP contribution in [0.5, 0.6) is 0 Å². The van der Waals surface area contributed by atoms with Gasteiger partial charge in [-0.1, -0.05) is 103 Å². The predicted molar refractivity (Wildman–Crippen MR) is 495 cm³/mol. The number of likely N-dealkylation sites (tertiary alicyclic amines) is 5. The van der Waals surface area contributed by atoms with Gasteiger partial charge in [-0.05, 0) is 344 Å². The zero-order valence-corrected chi connectivity index (χ0v) is 77.3. The minimum atomic E-state index is -3.10. The second kappa shape index (κ2) is 38.8. The van der Waals surface area contributed by atoms with Crippen LogP contribution in [-0.2, 0) is 10.0 Å². The Hall–Kier alpha value is -5.37. The Bertz CT molecular complexity index is 4060. The number of sulfonamides is 1. The Morgan fingerprint density at radius 1 is 0.336 bits per heavy atom. The van der Waals surface area contributed by atoms with Crippen LogP contribution in [0.15, 0.2) is 127 Å². The van der Waals surface area contributed by atoms with Gasteiger partial charge in [0, 0.05) is 177 Å². The fourth-order valence-corrected chi connectivity index (χ4v) is 22.8. The van der Waals surface area contributed by atoms with Crippen LogP contribution < -0.4 is 19.6 Å². The molecule has 0 saturated carbocycles. The molecule has 8 unspecified atom stereocenters. The summed E-state index contributed by atoms with van der Waals surface area (Å²) in [5, 5.41) is 0. The molecule has 16 heteroatoms. The van der Waals surface area contributed by atoms with E-state index in [-0.39, 0.29) is 27.7 Å². The van der Waals surface area contributed by atoms with E-state index in [1.165, 1.54) is 227 Å². The van der Waals surface area contributed by atoms with Crippen LogP contribution in [0.1, 0.15) is 283 Å². The quantitative estimate of drug-likeness (QED) is 0.119. The highest BCUT2D eigenvalue weighted by Gasteiger charge is 2.44. The van der Waals surface area contributed by atoms with Crippen molar-refractivity contribution < 1.29 is 8.42 Å². The predicted octanol–water partition coefficient (Wildman–Crippen LogP) is 19.7. The lowest BCUT2D eigenvalue weighted by molar-refractivity contribution is 0.121. The molecule has 642 valence electrons. The Labute approximate surface area is 707 Å². The molecule has 10 saturated heterocycles. The van der Waals surface area contributed by atoms with E-state index < -0.39 is 10.0 Å². The number of rotatable bonds is 12. The Kier molecular flexibility index (Phi) is 30.1. The molecule has 11 aliphatic rings. The number of benzene rings is 5. The highest BCUT2D eigenvalue weighted by atomic mass is 32.2. The van der Waals surface area contributed by atoms with E-state index in [0.717, 1.165) is 44.7 Å². The summed E-state index contributed by atoms with van der Waals surface area (Å²) in [5.41, 5.74) is 17.3. The maximum absolute atomic E-state index is 11.7. The van der Waals surface area contributed by atoms with Gasteiger partial charge >= 0.3 is 0 Å². The van der Waals surface area contributed by atoms with Gasteiger partial charge in [0.1, 0.15) is 0 Å². The summed E-state index contributed by atoms with van der Waals surface area (Å²) in [6.45, 7) is 54.1. The van der Waals surface area contributed by atoms with Crippen LogP contribution in [0.25, 0.3) is 5.57 Å². The van der Waals surface area contributed by atoms with Crippen molar-refractivity contribution in [1.82, 2.24) is 43.5 Å². The molecule has 2 bridgehead atoms. The molecule has 0 radical (unpaired) electrons. The van der Waals surface area contributed by atoms with Gasteiger partial charge in [-0.25, -0.2) is 8.42 Å². The van der Waals surface area contributed by atoms with Crippen LogP contribution in [-0.4, -0.2) is 243 Å². The lowest BCUT2D eigenvalue weighted by Crippen LogP contribution is -2.52. The lowest BCUT2D eigenvalue weighted by atomic mass is 9.89. The number of hydrogen-bond donors (Lipinski definition) is 0. The van der Waals surface area contributed by atoms with E-state index in [1.807, 2.05) is 0 Å². The van der Waals surface area contributed by atoms with Crippen LogP contribution >= 0.6 is 0 Å². The van der Waals surface area contributed by atoms with Crippen molar-refractivity contribution in [2.45, 2.75) is 295 Å². The standard InChI is InChI=1S/C21H33N3.C21H35N3.C20H30N2O2S.C19H31N3.C19H30N2/c1-21(2,3)24-13-7-10-20(24)18-8-5-6-9-19(18)23-14-16-11-12-17(15-23)22(16)4;1-21(2,3)24-15-9-13-20(24)18-11-6-7-12-19(18)23-14-8-10-17(16-23)22(4)5;1-20(2,3)22-13-7-10-19(22)18-9-6-5-8-17(18)16-11-14-21(15-12-16)25(4,23)24;1-19(2,3)22-11-7-10-18(22)16-8-5-6-9-17(16)21-14-12-20(4)13-15-21;1-19(2,3)21-15-9-12-18(21)16-10-5-6-11-17(16)20-13-7-4-8-14-20/h5-6,8-9,16-17,20H,7,10-15H2,1-4H3;6-7,11-12,17,20H,8-10,13-16H2,1-5H3;5-6,8-9,11,19H,7,10,12-15H2,1-4H3;5-6,8-9,18H,7,10-15H2,1-4H3;5-6,10-11,18H,4,7-9,12-15H2,1-3H3. The molecule has 0 aromatic heterocycles. The maximum atomic E-state index is 11.7. The highest BCUT2D eigenvalue weighted by molar-refractivity contribution is 7.88. The van der Waals surface area contributed by atoms with Crippen LogP contribution in [0.2, 0.25) is 0 Å². The van der Waals surface area contributed by atoms with Gasteiger partial charge in [-0.15, -0.1) is 0 Å². The molecule has 0 amide bonds. The number of para-hydroxylation sites is 4. The summed E-state index contributed by atoms with van der Waals surface area (Å²) < 4.78 is 25.0. The first kappa shape index (κ1) is 89.9. The van der Waals surface area contributed by atoms with Gasteiger partial charge in [-0.2, -0.15) is 4.31 Å². The molecule has 5 aromatic carbocycles. The summed E-state index contributed by atoms with van der Waals surface area (Å²) in [5.74, 6) is 0. The van der Waals surface area contributed by atoms with Crippen molar-refractivity contribution in [3.63, 3.8) is 0 Å². The lowest BCUT2D eigenvalue weighted by Gasteiger charge is -2.43. The zero-order chi connectivity index (χ0) is 83.1. The second-order valence-electron chi connectivity index (χ2n) is 41.5. The van der Waals surface area contributed by atoms with Crippen molar-refractivity contribution in [3.8, 4) is 0 Å². The SMILES string of the molecule is CC(C)(C)N1CCCC1c1ccccc1C1=CCN(S(C)(=O)=O)CC1.CC(C)(C)N1CCCC1c1ccccc1N1CCCCC1.CN(C)C1CCCN(c2ccccc2C2CCCN2C(C)(C)C)C1.CN1C2CCC1CN(c1ccccc1C1CCCN1C(C)(C)C)C2.CN1CCN(c2ccccc2C2CCCN2C(C)(C)C)CC1. The molecule has 11 aliphatic heterocycles. The summed E-state index contributed by atoms with van der Waals surface area (Å²) >= 11 is 0. The van der Waals surface area contributed by atoms with E-state index in [2.05, 4.69) is 318 Å². The fourth-order valence-electron chi connectivity index (χ4n) is 22.1. The number of fused-ring (bicyclic) bond motifs is 2. The molecule has 116 heavy (non-hydrogen) atoms. The average molecular weight is 1610 g/mol. The summed E-state index contributed by atoms with van der Waals surface area (Å²) in [6, 6.07) is 50.3. The molecular weight excluding hydrogens is 1450 g/mol. The Balaban J connectivity index is 0.000000134. The van der Waals surface area contributed by atoms with Gasteiger partial charge in [-0.3, -0.25) is 29.4 Å². The van der Waals surface area contributed by atoms with E-state index in [1.54, 1.807) is 26.6 Å². The molecule has 10 fully saturated rings. The van der Waals surface area contributed by atoms with Crippen molar-refractivity contribution in [3.05, 3.63) is 161 Å². The fraction of sp³-hybridized carbons (Fsp3) is 0.680. The van der Waals surface area contributed by atoms with Crippen LogP contribution in [0.3, 0.4) is 0 Å². The Morgan fingerprint density at radius 3 is 1.03 bits per heavy atom.